The number of allylic oxidation sites excluding steroid dienone is 2. The van der Waals surface area contributed by atoms with Crippen molar-refractivity contribution >= 4 is 5.91 Å². The van der Waals surface area contributed by atoms with Crippen LogP contribution in [0.25, 0.3) is 11.4 Å². The summed E-state index contributed by atoms with van der Waals surface area (Å²) in [6.07, 6.45) is 5.24. The maximum absolute atomic E-state index is 11.8. The predicted octanol–water partition coefficient (Wildman–Crippen LogP) is 1.03. The van der Waals surface area contributed by atoms with Crippen LogP contribution in [0.3, 0.4) is 0 Å². The molecule has 3 rings (SSSR count). The van der Waals surface area contributed by atoms with Gasteiger partial charge < -0.3 is 5.43 Å². The van der Waals surface area contributed by atoms with E-state index in [0.717, 1.165) is 30.5 Å². The zero-order valence-corrected chi connectivity index (χ0v) is 11.5. The highest BCUT2D eigenvalue weighted by Crippen LogP contribution is 2.13. The number of hydrogen-bond acceptors (Lipinski definition) is 5. The summed E-state index contributed by atoms with van der Waals surface area (Å²) in [5.41, 5.74) is 7.48. The Morgan fingerprint density at radius 1 is 1.29 bits per heavy atom. The number of nitrogens with one attached hydrogen (secondary N) is 2. The van der Waals surface area contributed by atoms with Crippen LogP contribution < -0.4 is 10.9 Å². The van der Waals surface area contributed by atoms with Crippen LogP contribution in [0, 0.1) is 0 Å². The van der Waals surface area contributed by atoms with E-state index in [2.05, 4.69) is 32.3 Å². The Balaban J connectivity index is 1.55. The van der Waals surface area contributed by atoms with E-state index < -0.39 is 0 Å². The molecule has 1 aliphatic carbocycles. The van der Waals surface area contributed by atoms with Crippen LogP contribution in [0.15, 0.2) is 42.1 Å². The molecule has 0 saturated carbocycles. The molecular weight excluding hydrogens is 268 g/mol. The second-order valence-corrected chi connectivity index (χ2v) is 4.80. The van der Waals surface area contributed by atoms with E-state index in [4.69, 9.17) is 0 Å². The van der Waals surface area contributed by atoms with Crippen LogP contribution in [-0.4, -0.2) is 26.1 Å². The monoisotopic (exact) mass is 284 g/mol. The number of carbonyl (C=O) groups is 1. The van der Waals surface area contributed by atoms with Crippen LogP contribution in [0.4, 0.5) is 0 Å². The first-order chi connectivity index (χ1) is 10.3. The van der Waals surface area contributed by atoms with E-state index in [1.807, 2.05) is 30.3 Å². The number of carbonyl (C=O) groups excluding carboxylic acids is 1. The number of rotatable bonds is 5. The fraction of sp³-hybridized carbons (Fsp3) is 0.286. The van der Waals surface area contributed by atoms with Crippen LogP contribution in [0.2, 0.25) is 0 Å². The largest absolute Gasteiger partial charge is 0.303 e. The Morgan fingerprint density at radius 2 is 2.14 bits per heavy atom. The van der Waals surface area contributed by atoms with Gasteiger partial charge in [0.2, 0.25) is 5.82 Å². The van der Waals surface area contributed by atoms with Crippen LogP contribution in [0.1, 0.15) is 19.3 Å². The number of aromatic nitrogens is 4. The van der Waals surface area contributed by atoms with Crippen molar-refractivity contribution in [3.05, 3.63) is 42.1 Å². The number of amides is 1. The zero-order valence-electron chi connectivity index (χ0n) is 11.5. The van der Waals surface area contributed by atoms with Gasteiger partial charge in [-0.2, -0.15) is 4.80 Å². The van der Waals surface area contributed by atoms with Crippen LogP contribution in [0.5, 0.6) is 0 Å². The van der Waals surface area contributed by atoms with E-state index in [9.17, 15) is 4.79 Å². The van der Waals surface area contributed by atoms with Crippen molar-refractivity contribution < 1.29 is 4.79 Å². The molecule has 7 heteroatoms. The quantitative estimate of drug-likeness (QED) is 0.801. The fourth-order valence-corrected chi connectivity index (χ4v) is 2.12. The molecular formula is C14H16N6O. The van der Waals surface area contributed by atoms with Gasteiger partial charge in [-0.3, -0.25) is 10.2 Å². The number of benzene rings is 1. The predicted molar refractivity (Wildman–Crippen MR) is 76.5 cm³/mol. The first-order valence-electron chi connectivity index (χ1n) is 6.88. The topological polar surface area (TPSA) is 84.7 Å². The second kappa shape index (κ2) is 6.17. The molecule has 2 N–H and O–H groups in total. The minimum absolute atomic E-state index is 0.0279. The molecule has 0 spiro atoms. The summed E-state index contributed by atoms with van der Waals surface area (Å²) in [6.45, 7) is 0.0279. The lowest BCUT2D eigenvalue weighted by molar-refractivity contribution is -0.122. The third-order valence-corrected chi connectivity index (χ3v) is 3.17. The molecule has 0 fully saturated rings. The third kappa shape index (κ3) is 3.44. The highest BCUT2D eigenvalue weighted by atomic mass is 16.2. The smallest absolute Gasteiger partial charge is 0.261 e. The molecule has 1 amide bonds. The lowest BCUT2D eigenvalue weighted by Crippen LogP contribution is -2.38. The summed E-state index contributed by atoms with van der Waals surface area (Å²) in [4.78, 5) is 13.1. The molecule has 0 radical (unpaired) electrons. The van der Waals surface area contributed by atoms with Crippen molar-refractivity contribution in [1.29, 1.82) is 0 Å². The SMILES string of the molecule is O=C(Cn1nnc(-c2ccccc2)n1)NNC1=CCCC1. The highest BCUT2D eigenvalue weighted by Gasteiger charge is 2.10. The van der Waals surface area contributed by atoms with Crippen molar-refractivity contribution in [3.8, 4) is 11.4 Å². The summed E-state index contributed by atoms with van der Waals surface area (Å²) in [5, 5.41) is 12.0. The van der Waals surface area contributed by atoms with Gasteiger partial charge >= 0.3 is 0 Å². The van der Waals surface area contributed by atoms with Crippen molar-refractivity contribution in [2.45, 2.75) is 25.8 Å². The first-order valence-corrected chi connectivity index (χ1v) is 6.88. The Bertz CT molecular complexity index is 648. The molecule has 108 valence electrons. The molecule has 2 aromatic rings. The average Bonchev–Trinajstić information content (AvgIpc) is 3.17. The van der Waals surface area contributed by atoms with Gasteiger partial charge in [-0.15, -0.1) is 10.2 Å². The molecule has 7 nitrogen and oxygen atoms in total. The molecule has 0 saturated heterocycles. The van der Waals surface area contributed by atoms with Gasteiger partial charge in [0.25, 0.3) is 5.91 Å². The lowest BCUT2D eigenvalue weighted by Gasteiger charge is -2.08. The number of hydrazine groups is 1. The van der Waals surface area contributed by atoms with E-state index in [1.165, 1.54) is 4.80 Å². The van der Waals surface area contributed by atoms with E-state index >= 15 is 0 Å². The molecule has 0 bridgehead atoms. The molecule has 1 heterocycles. The molecule has 0 aliphatic heterocycles. The highest BCUT2D eigenvalue weighted by molar-refractivity contribution is 5.75. The lowest BCUT2D eigenvalue weighted by atomic mass is 10.2. The van der Waals surface area contributed by atoms with E-state index in [-0.39, 0.29) is 12.5 Å². The summed E-state index contributed by atoms with van der Waals surface area (Å²) in [7, 11) is 0. The van der Waals surface area contributed by atoms with Crippen molar-refractivity contribution in [2.24, 2.45) is 0 Å². The molecule has 1 aliphatic rings. The van der Waals surface area contributed by atoms with Gasteiger partial charge in [0.1, 0.15) is 6.54 Å². The van der Waals surface area contributed by atoms with E-state index in [0.29, 0.717) is 5.82 Å². The van der Waals surface area contributed by atoms with Crippen molar-refractivity contribution in [1.82, 2.24) is 31.1 Å². The van der Waals surface area contributed by atoms with Gasteiger partial charge in [-0.1, -0.05) is 36.4 Å². The summed E-state index contributed by atoms with van der Waals surface area (Å²) >= 11 is 0. The average molecular weight is 284 g/mol. The van der Waals surface area contributed by atoms with Gasteiger partial charge in [-0.05, 0) is 24.5 Å². The van der Waals surface area contributed by atoms with E-state index in [1.54, 1.807) is 0 Å². The van der Waals surface area contributed by atoms with Crippen LogP contribution >= 0.6 is 0 Å². The number of hydrogen-bond donors (Lipinski definition) is 2. The molecule has 0 atom stereocenters. The maximum atomic E-state index is 11.8. The Hall–Kier alpha value is -2.70. The van der Waals surface area contributed by atoms with Gasteiger partial charge in [0.05, 0.1) is 0 Å². The molecule has 21 heavy (non-hydrogen) atoms. The third-order valence-electron chi connectivity index (χ3n) is 3.17. The van der Waals surface area contributed by atoms with Gasteiger partial charge in [-0.25, -0.2) is 0 Å². The minimum Gasteiger partial charge on any atom is -0.303 e. The van der Waals surface area contributed by atoms with Crippen molar-refractivity contribution in [3.63, 3.8) is 0 Å². The van der Waals surface area contributed by atoms with Crippen LogP contribution in [-0.2, 0) is 11.3 Å². The second-order valence-electron chi connectivity index (χ2n) is 4.80. The number of nitrogens with zero attached hydrogens (tertiary/aromatic N) is 4. The normalized spacial score (nSPS) is 13.8. The fourth-order valence-electron chi connectivity index (χ4n) is 2.12. The Morgan fingerprint density at radius 3 is 2.90 bits per heavy atom. The standard InChI is InChI=1S/C14H16N6O/c21-13(16-15-12-8-4-5-9-12)10-20-18-14(17-19-20)11-6-2-1-3-7-11/h1-3,6-8,15H,4-5,9-10H2,(H,16,21). The molecule has 1 aromatic heterocycles. The van der Waals surface area contributed by atoms with Crippen molar-refractivity contribution in [2.75, 3.05) is 0 Å². The van der Waals surface area contributed by atoms with Gasteiger partial charge in [0.15, 0.2) is 0 Å². The molecule has 0 unspecified atom stereocenters. The summed E-state index contributed by atoms with van der Waals surface area (Å²) in [6, 6.07) is 9.53. The maximum Gasteiger partial charge on any atom is 0.261 e. The Kier molecular flexibility index (Phi) is 3.90. The minimum atomic E-state index is -0.209. The zero-order chi connectivity index (χ0) is 14.5. The Labute approximate surface area is 122 Å². The molecule has 1 aromatic carbocycles. The summed E-state index contributed by atoms with van der Waals surface area (Å²) in [5.74, 6) is 0.301. The van der Waals surface area contributed by atoms with Gasteiger partial charge in [0, 0.05) is 11.3 Å². The summed E-state index contributed by atoms with van der Waals surface area (Å²) < 4.78 is 0. The first kappa shape index (κ1) is 13.3. The number of tetrazole rings is 1.